The summed E-state index contributed by atoms with van der Waals surface area (Å²) in [5.74, 6) is -0.691. The number of rotatable bonds is 5. The maximum absolute atomic E-state index is 6.04. The Balaban J connectivity index is 2.73. The molecule has 0 aromatic rings. The van der Waals surface area contributed by atoms with E-state index in [1.54, 1.807) is 14.2 Å². The molecule has 4 nitrogen and oxygen atoms in total. The van der Waals surface area contributed by atoms with Gasteiger partial charge in [0.25, 0.3) is 0 Å². The summed E-state index contributed by atoms with van der Waals surface area (Å²) < 4.78 is 10.7. The molecule has 18 heavy (non-hydrogen) atoms. The summed E-state index contributed by atoms with van der Waals surface area (Å²) in [6.45, 7) is 11.2. The van der Waals surface area contributed by atoms with Crippen LogP contribution in [0, 0.1) is 0 Å². The van der Waals surface area contributed by atoms with Gasteiger partial charge in [-0.25, -0.2) is 0 Å². The van der Waals surface area contributed by atoms with Crippen molar-refractivity contribution in [3.05, 3.63) is 0 Å². The van der Waals surface area contributed by atoms with E-state index in [0.29, 0.717) is 6.61 Å². The molecule has 1 heterocycles. The average molecular weight is 259 g/mol. The Morgan fingerprint density at radius 2 is 1.44 bits per heavy atom. The molecule has 0 amide bonds. The Labute approximate surface area is 112 Å². The van der Waals surface area contributed by atoms with Crippen LogP contribution in [-0.4, -0.2) is 42.8 Å². The summed E-state index contributed by atoms with van der Waals surface area (Å²) in [5, 5.41) is 2.12. The molecule has 1 rings (SSSR count). The maximum atomic E-state index is 6.04. The molecule has 0 aromatic heterocycles. The van der Waals surface area contributed by atoms with Crippen molar-refractivity contribution in [3.8, 4) is 0 Å². The van der Waals surface area contributed by atoms with Crippen molar-refractivity contribution in [1.29, 1.82) is 0 Å². The highest BCUT2D eigenvalue weighted by atomic mass is 16.7. The second-order valence-corrected chi connectivity index (χ2v) is 6.59. The maximum Gasteiger partial charge on any atom is 0.190 e. The molecule has 0 atom stereocenters. The number of methoxy groups -OCH3 is 2. The van der Waals surface area contributed by atoms with E-state index in [0.717, 1.165) is 12.8 Å². The van der Waals surface area contributed by atoms with E-state index in [2.05, 4.69) is 32.8 Å². The summed E-state index contributed by atoms with van der Waals surface area (Å²) >= 11 is 0. The molecule has 0 unspecified atom stereocenters. The highest BCUT2D eigenvalue weighted by molar-refractivity contribution is 4.92. The first-order valence-corrected chi connectivity index (χ1v) is 6.70. The Hall–Kier alpha value is -0.160. The van der Waals surface area contributed by atoms with Crippen molar-refractivity contribution in [3.63, 3.8) is 0 Å². The van der Waals surface area contributed by atoms with Crippen LogP contribution in [0.1, 0.15) is 53.9 Å². The number of hydroxylamine groups is 2. The molecule has 4 heteroatoms. The lowest BCUT2D eigenvalue weighted by Gasteiger charge is -2.51. The van der Waals surface area contributed by atoms with Crippen LogP contribution in [0.5, 0.6) is 0 Å². The van der Waals surface area contributed by atoms with Gasteiger partial charge in [-0.15, -0.1) is 0 Å². The van der Waals surface area contributed by atoms with Crippen LogP contribution >= 0.6 is 0 Å². The van der Waals surface area contributed by atoms with Gasteiger partial charge in [-0.2, -0.15) is 5.06 Å². The molecule has 0 N–H and O–H groups in total. The van der Waals surface area contributed by atoms with Gasteiger partial charge in [0.15, 0.2) is 5.79 Å². The van der Waals surface area contributed by atoms with E-state index < -0.39 is 5.79 Å². The van der Waals surface area contributed by atoms with Gasteiger partial charge < -0.3 is 9.47 Å². The fourth-order valence-electron chi connectivity index (χ4n) is 2.71. The van der Waals surface area contributed by atoms with Gasteiger partial charge in [0, 0.05) is 25.3 Å². The summed E-state index contributed by atoms with van der Waals surface area (Å²) in [6.07, 6.45) is 3.53. The molecule has 1 aliphatic heterocycles. The first-order valence-electron chi connectivity index (χ1n) is 6.70. The average Bonchev–Trinajstić information content (AvgIpc) is 2.26. The molecule has 0 spiro atoms. The van der Waals surface area contributed by atoms with Crippen molar-refractivity contribution in [2.75, 3.05) is 20.8 Å². The van der Waals surface area contributed by atoms with Crippen molar-refractivity contribution in [2.24, 2.45) is 0 Å². The van der Waals surface area contributed by atoms with E-state index in [1.165, 1.54) is 6.42 Å². The van der Waals surface area contributed by atoms with Gasteiger partial charge in [0.2, 0.25) is 0 Å². The molecule has 1 saturated heterocycles. The molecule has 108 valence electrons. The topological polar surface area (TPSA) is 30.9 Å². The van der Waals surface area contributed by atoms with Crippen molar-refractivity contribution >= 4 is 0 Å². The smallest absolute Gasteiger partial charge is 0.190 e. The Kier molecular flexibility index (Phi) is 4.81. The second kappa shape index (κ2) is 5.45. The zero-order chi connectivity index (χ0) is 14.0. The van der Waals surface area contributed by atoms with E-state index in [9.17, 15) is 0 Å². The second-order valence-electron chi connectivity index (χ2n) is 6.59. The van der Waals surface area contributed by atoms with Crippen LogP contribution in [0.4, 0.5) is 0 Å². The van der Waals surface area contributed by atoms with Crippen LogP contribution in [0.3, 0.4) is 0 Å². The van der Waals surface area contributed by atoms with E-state index in [1.807, 2.05) is 6.92 Å². The molecule has 0 aliphatic carbocycles. The summed E-state index contributed by atoms with van der Waals surface area (Å²) in [7, 11) is 3.28. The molecule has 0 radical (unpaired) electrons. The van der Waals surface area contributed by atoms with Crippen LogP contribution in [-0.2, 0) is 14.3 Å². The van der Waals surface area contributed by atoms with Crippen molar-refractivity contribution < 1.29 is 14.3 Å². The van der Waals surface area contributed by atoms with Gasteiger partial charge >= 0.3 is 0 Å². The number of hydrogen-bond donors (Lipinski definition) is 0. The minimum absolute atomic E-state index is 0.0458. The number of piperidine rings is 1. The van der Waals surface area contributed by atoms with E-state index in [4.69, 9.17) is 14.3 Å². The minimum Gasteiger partial charge on any atom is -0.351 e. The highest BCUT2D eigenvalue weighted by Gasteiger charge is 2.43. The zero-order valence-corrected chi connectivity index (χ0v) is 13.0. The predicted molar refractivity (Wildman–Crippen MR) is 72.2 cm³/mol. The van der Waals surface area contributed by atoms with Gasteiger partial charge in [-0.3, -0.25) is 4.84 Å². The Morgan fingerprint density at radius 3 is 1.83 bits per heavy atom. The van der Waals surface area contributed by atoms with E-state index in [-0.39, 0.29) is 11.1 Å². The molecule has 0 aromatic carbocycles. The predicted octanol–water partition coefficient (Wildman–Crippen LogP) is 2.97. The van der Waals surface area contributed by atoms with Crippen LogP contribution < -0.4 is 0 Å². The lowest BCUT2D eigenvalue weighted by Crippen LogP contribution is -2.59. The van der Waals surface area contributed by atoms with Crippen LogP contribution in [0.2, 0.25) is 0 Å². The first kappa shape index (κ1) is 15.9. The zero-order valence-electron chi connectivity index (χ0n) is 13.0. The number of ether oxygens (including phenoxy) is 2. The minimum atomic E-state index is -0.691. The normalized spacial score (nSPS) is 24.2. The molecule has 1 fully saturated rings. The van der Waals surface area contributed by atoms with Gasteiger partial charge in [0.1, 0.15) is 6.61 Å². The summed E-state index contributed by atoms with van der Waals surface area (Å²) in [6, 6.07) is 0. The highest BCUT2D eigenvalue weighted by Crippen LogP contribution is 2.38. The Morgan fingerprint density at radius 1 is 1.00 bits per heavy atom. The van der Waals surface area contributed by atoms with Crippen LogP contribution in [0.25, 0.3) is 0 Å². The van der Waals surface area contributed by atoms with Gasteiger partial charge in [-0.05, 0) is 53.9 Å². The summed E-state index contributed by atoms with van der Waals surface area (Å²) in [5.41, 5.74) is 0.0916. The third-order valence-corrected chi connectivity index (χ3v) is 4.00. The lowest BCUT2D eigenvalue weighted by molar-refractivity contribution is -0.330. The van der Waals surface area contributed by atoms with Crippen LogP contribution in [0.15, 0.2) is 0 Å². The van der Waals surface area contributed by atoms with Gasteiger partial charge in [-0.1, -0.05) is 0 Å². The Bertz CT molecular complexity index is 256. The quantitative estimate of drug-likeness (QED) is 0.710. The van der Waals surface area contributed by atoms with Gasteiger partial charge in [0.05, 0.1) is 0 Å². The molecule has 0 saturated carbocycles. The third kappa shape index (κ3) is 3.44. The first-order chi connectivity index (χ1) is 8.17. The molecular formula is C14H29NO3. The number of hydrogen-bond acceptors (Lipinski definition) is 4. The monoisotopic (exact) mass is 259 g/mol. The SMILES string of the molecule is COC(C)(CON1C(C)(C)CCCC1(C)C)OC. The molecule has 1 aliphatic rings. The standard InChI is InChI=1S/C14H29NO3/c1-12(2)9-8-10-13(3,4)15(12)18-11-14(5,16-6)17-7/h8-11H2,1-7H3. The molecular weight excluding hydrogens is 230 g/mol. The largest absolute Gasteiger partial charge is 0.351 e. The lowest BCUT2D eigenvalue weighted by atomic mass is 9.82. The number of nitrogens with zero attached hydrogens (tertiary/aromatic N) is 1. The van der Waals surface area contributed by atoms with Crippen molar-refractivity contribution in [1.82, 2.24) is 5.06 Å². The molecule has 0 bridgehead atoms. The van der Waals surface area contributed by atoms with E-state index >= 15 is 0 Å². The fourth-order valence-corrected chi connectivity index (χ4v) is 2.71. The fraction of sp³-hybridized carbons (Fsp3) is 1.00. The third-order valence-electron chi connectivity index (χ3n) is 4.00. The summed E-state index contributed by atoms with van der Waals surface area (Å²) in [4.78, 5) is 6.04. The van der Waals surface area contributed by atoms with Crippen molar-refractivity contribution in [2.45, 2.75) is 70.7 Å².